The van der Waals surface area contributed by atoms with Crippen molar-refractivity contribution in [3.8, 4) is 5.75 Å². The van der Waals surface area contributed by atoms with Crippen molar-refractivity contribution < 1.29 is 9.53 Å². The van der Waals surface area contributed by atoms with Crippen molar-refractivity contribution in [2.45, 2.75) is 26.4 Å². The second-order valence-electron chi connectivity index (χ2n) is 5.39. The number of carbonyl (C=O) groups excluding carboxylic acids is 1. The number of hydrogen-bond donors (Lipinski definition) is 2. The number of amides is 1. The Hall–Kier alpha value is -2.33. The van der Waals surface area contributed by atoms with E-state index in [0.29, 0.717) is 23.6 Å². The summed E-state index contributed by atoms with van der Waals surface area (Å²) in [6.45, 7) is 4.40. The molecule has 2 aromatic rings. The molecule has 1 amide bonds. The van der Waals surface area contributed by atoms with Gasteiger partial charge in [-0.3, -0.25) is 4.79 Å². The molecule has 1 heterocycles. The lowest BCUT2D eigenvalue weighted by Gasteiger charge is -2.12. The van der Waals surface area contributed by atoms with Gasteiger partial charge < -0.3 is 15.4 Å². The molecule has 0 atom stereocenters. The number of nitrogens with one attached hydrogen (secondary N) is 2. The molecule has 114 valence electrons. The third kappa shape index (κ3) is 3.12. The topological polar surface area (TPSA) is 50.4 Å². The number of benzene rings is 2. The minimum Gasteiger partial charge on any atom is -0.491 e. The molecule has 0 fully saturated rings. The van der Waals surface area contributed by atoms with Gasteiger partial charge in [-0.15, -0.1) is 0 Å². The van der Waals surface area contributed by atoms with E-state index in [-0.39, 0.29) is 5.91 Å². The lowest BCUT2D eigenvalue weighted by Crippen LogP contribution is -2.13. The van der Waals surface area contributed by atoms with Crippen LogP contribution in [0.1, 0.15) is 34.8 Å². The molecule has 0 aliphatic carbocycles. The van der Waals surface area contributed by atoms with Crippen molar-refractivity contribution in [3.63, 3.8) is 0 Å². The SMILES string of the molecule is CCCOc1ccccc1NC(=O)c1ccc2c(c1)CNC2. The molecule has 2 N–H and O–H groups in total. The van der Waals surface area contributed by atoms with Gasteiger partial charge >= 0.3 is 0 Å². The highest BCUT2D eigenvalue weighted by molar-refractivity contribution is 6.05. The minimum absolute atomic E-state index is 0.109. The van der Waals surface area contributed by atoms with Crippen LogP contribution in [0.5, 0.6) is 5.75 Å². The van der Waals surface area contributed by atoms with E-state index >= 15 is 0 Å². The zero-order chi connectivity index (χ0) is 15.4. The average molecular weight is 296 g/mol. The Kier molecular flexibility index (Phi) is 4.39. The average Bonchev–Trinajstić information content (AvgIpc) is 3.01. The smallest absolute Gasteiger partial charge is 0.255 e. The first-order valence-corrected chi connectivity index (χ1v) is 7.63. The zero-order valence-corrected chi connectivity index (χ0v) is 12.7. The molecule has 0 saturated heterocycles. The van der Waals surface area contributed by atoms with Gasteiger partial charge in [-0.25, -0.2) is 0 Å². The lowest BCUT2D eigenvalue weighted by atomic mass is 10.1. The number of rotatable bonds is 5. The number of hydrogen-bond acceptors (Lipinski definition) is 3. The van der Waals surface area contributed by atoms with Gasteiger partial charge in [0.1, 0.15) is 5.75 Å². The van der Waals surface area contributed by atoms with Crippen molar-refractivity contribution in [1.82, 2.24) is 5.32 Å². The molecular formula is C18H20N2O2. The van der Waals surface area contributed by atoms with Crippen LogP contribution in [0, 0.1) is 0 Å². The summed E-state index contributed by atoms with van der Waals surface area (Å²) in [5.41, 5.74) is 3.85. The van der Waals surface area contributed by atoms with Gasteiger partial charge in [0, 0.05) is 18.7 Å². The predicted octanol–water partition coefficient (Wildman–Crippen LogP) is 3.33. The molecule has 0 spiro atoms. The monoisotopic (exact) mass is 296 g/mol. The molecule has 1 aliphatic heterocycles. The summed E-state index contributed by atoms with van der Waals surface area (Å²) in [5, 5.41) is 6.23. The second-order valence-corrected chi connectivity index (χ2v) is 5.39. The number of fused-ring (bicyclic) bond motifs is 1. The van der Waals surface area contributed by atoms with Gasteiger partial charge in [-0.1, -0.05) is 25.1 Å². The van der Waals surface area contributed by atoms with E-state index in [4.69, 9.17) is 4.74 Å². The highest BCUT2D eigenvalue weighted by atomic mass is 16.5. The first-order valence-electron chi connectivity index (χ1n) is 7.63. The molecule has 2 aromatic carbocycles. The van der Waals surface area contributed by atoms with Gasteiger partial charge in [-0.2, -0.15) is 0 Å². The summed E-state index contributed by atoms with van der Waals surface area (Å²) in [7, 11) is 0. The van der Waals surface area contributed by atoms with Gasteiger partial charge in [0.25, 0.3) is 5.91 Å². The predicted molar refractivity (Wildman–Crippen MR) is 87.2 cm³/mol. The first-order chi connectivity index (χ1) is 10.8. The molecular weight excluding hydrogens is 276 g/mol. The van der Waals surface area contributed by atoms with Crippen molar-refractivity contribution in [1.29, 1.82) is 0 Å². The van der Waals surface area contributed by atoms with Crippen LogP contribution in [0.15, 0.2) is 42.5 Å². The van der Waals surface area contributed by atoms with E-state index in [1.807, 2.05) is 42.5 Å². The maximum absolute atomic E-state index is 12.5. The lowest BCUT2D eigenvalue weighted by molar-refractivity contribution is 0.102. The van der Waals surface area contributed by atoms with E-state index in [2.05, 4.69) is 17.6 Å². The van der Waals surface area contributed by atoms with Crippen molar-refractivity contribution in [2.75, 3.05) is 11.9 Å². The van der Waals surface area contributed by atoms with Crippen LogP contribution in [-0.4, -0.2) is 12.5 Å². The van der Waals surface area contributed by atoms with Crippen LogP contribution >= 0.6 is 0 Å². The third-order valence-electron chi connectivity index (χ3n) is 3.70. The van der Waals surface area contributed by atoms with Crippen LogP contribution in [0.25, 0.3) is 0 Å². The molecule has 4 heteroatoms. The van der Waals surface area contributed by atoms with Gasteiger partial charge in [0.2, 0.25) is 0 Å². The maximum Gasteiger partial charge on any atom is 0.255 e. The minimum atomic E-state index is -0.109. The maximum atomic E-state index is 12.5. The van der Waals surface area contributed by atoms with Crippen LogP contribution in [0.4, 0.5) is 5.69 Å². The number of anilines is 1. The van der Waals surface area contributed by atoms with E-state index in [1.54, 1.807) is 0 Å². The fourth-order valence-electron chi connectivity index (χ4n) is 2.54. The van der Waals surface area contributed by atoms with Crippen LogP contribution in [0.2, 0.25) is 0 Å². The van der Waals surface area contributed by atoms with Crippen LogP contribution < -0.4 is 15.4 Å². The molecule has 3 rings (SSSR count). The first kappa shape index (κ1) is 14.6. The molecule has 22 heavy (non-hydrogen) atoms. The number of ether oxygens (including phenoxy) is 1. The summed E-state index contributed by atoms with van der Waals surface area (Å²) in [5.74, 6) is 0.600. The Balaban J connectivity index is 1.77. The molecule has 0 aromatic heterocycles. The molecule has 0 bridgehead atoms. The second kappa shape index (κ2) is 6.62. The Morgan fingerprint density at radius 1 is 1.18 bits per heavy atom. The molecule has 0 radical (unpaired) electrons. The summed E-state index contributed by atoms with van der Waals surface area (Å²) in [6, 6.07) is 13.4. The standard InChI is InChI=1S/C18H20N2O2/c1-2-9-22-17-6-4-3-5-16(17)20-18(21)13-7-8-14-11-19-12-15(14)10-13/h3-8,10,19H,2,9,11-12H2,1H3,(H,20,21). The summed E-state index contributed by atoms with van der Waals surface area (Å²) >= 11 is 0. The van der Waals surface area contributed by atoms with Crippen molar-refractivity contribution in [3.05, 3.63) is 59.2 Å². The Bertz CT molecular complexity index is 683. The highest BCUT2D eigenvalue weighted by Gasteiger charge is 2.14. The Morgan fingerprint density at radius 2 is 2.00 bits per heavy atom. The third-order valence-corrected chi connectivity index (χ3v) is 3.70. The fourth-order valence-corrected chi connectivity index (χ4v) is 2.54. The van der Waals surface area contributed by atoms with Crippen molar-refractivity contribution in [2.24, 2.45) is 0 Å². The van der Waals surface area contributed by atoms with E-state index in [0.717, 1.165) is 19.5 Å². The largest absolute Gasteiger partial charge is 0.491 e. The fraction of sp³-hybridized carbons (Fsp3) is 0.278. The van der Waals surface area contributed by atoms with E-state index < -0.39 is 0 Å². The Labute approximate surface area is 130 Å². The summed E-state index contributed by atoms with van der Waals surface area (Å²) in [6.07, 6.45) is 0.931. The quantitative estimate of drug-likeness (QED) is 0.890. The van der Waals surface area contributed by atoms with Gasteiger partial charge in [0.15, 0.2) is 0 Å². The van der Waals surface area contributed by atoms with E-state index in [1.165, 1.54) is 11.1 Å². The Morgan fingerprint density at radius 3 is 2.86 bits per heavy atom. The molecule has 4 nitrogen and oxygen atoms in total. The highest BCUT2D eigenvalue weighted by Crippen LogP contribution is 2.25. The summed E-state index contributed by atoms with van der Waals surface area (Å²) in [4.78, 5) is 12.5. The van der Waals surface area contributed by atoms with Gasteiger partial charge in [0.05, 0.1) is 12.3 Å². The zero-order valence-electron chi connectivity index (χ0n) is 12.7. The normalized spacial score (nSPS) is 12.8. The number of carbonyl (C=O) groups is 1. The summed E-state index contributed by atoms with van der Waals surface area (Å²) < 4.78 is 5.67. The van der Waals surface area contributed by atoms with Gasteiger partial charge in [-0.05, 0) is 41.8 Å². The molecule has 0 saturated carbocycles. The van der Waals surface area contributed by atoms with Crippen molar-refractivity contribution >= 4 is 11.6 Å². The van der Waals surface area contributed by atoms with Crippen LogP contribution in [-0.2, 0) is 13.1 Å². The van der Waals surface area contributed by atoms with E-state index in [9.17, 15) is 4.79 Å². The number of para-hydroxylation sites is 2. The molecule has 1 aliphatic rings. The van der Waals surface area contributed by atoms with Crippen LogP contribution in [0.3, 0.4) is 0 Å². The molecule has 0 unspecified atom stereocenters.